The summed E-state index contributed by atoms with van der Waals surface area (Å²) in [6, 6.07) is 7.47. The monoisotopic (exact) mass is 514 g/mol. The fourth-order valence-electron chi connectivity index (χ4n) is 4.68. The molecule has 1 aliphatic rings. The molecule has 3 rings (SSSR count). The van der Waals surface area contributed by atoms with Crippen molar-refractivity contribution < 1.29 is 14.3 Å². The molecule has 1 heterocycles. The summed E-state index contributed by atoms with van der Waals surface area (Å²) in [5.74, 6) is 0.547. The molecule has 1 fully saturated rings. The minimum absolute atomic E-state index is 0.0674. The third kappa shape index (κ3) is 6.13. The van der Waals surface area contributed by atoms with E-state index in [1.165, 1.54) is 0 Å². The maximum atomic E-state index is 13.4. The highest BCUT2D eigenvalue weighted by Crippen LogP contribution is 2.32. The first-order valence-electron chi connectivity index (χ1n) is 12.4. The first kappa shape index (κ1) is 27.8. The third-order valence-electron chi connectivity index (χ3n) is 7.32. The number of carbonyl (C=O) groups excluding carboxylic acids is 2. The van der Waals surface area contributed by atoms with Crippen LogP contribution in [0.15, 0.2) is 24.3 Å². The molecule has 8 heteroatoms. The molecule has 0 radical (unpaired) electrons. The average molecular weight is 515 g/mol. The lowest BCUT2D eigenvalue weighted by Gasteiger charge is -2.39. The van der Waals surface area contributed by atoms with Crippen molar-refractivity contribution in [3.8, 4) is 5.75 Å². The highest BCUT2D eigenvalue weighted by molar-refractivity contribution is 6.31. The number of anilines is 2. The Kier molecular flexibility index (Phi) is 8.57. The second-order valence-corrected chi connectivity index (χ2v) is 10.8. The van der Waals surface area contributed by atoms with Crippen LogP contribution in [0.1, 0.15) is 48.9 Å². The number of nitrogen functional groups attached to an aromatic ring is 1. The highest BCUT2D eigenvalue weighted by atomic mass is 35.5. The van der Waals surface area contributed by atoms with E-state index in [1.807, 2.05) is 66.8 Å². The van der Waals surface area contributed by atoms with Crippen LogP contribution < -0.4 is 15.8 Å². The second kappa shape index (κ2) is 11.1. The standard InChI is InChI=1S/C28H39ClN4O3/c1-17-15-24(18(2)19(3)26(17)30)36-28(5,6)27(35)32(7)21-11-13-33(14-12-21)16-25(34)31-23-10-8-9-22(29)20(23)4/h8-10,15,21H,11-14,16,30H2,1-7H3,(H,31,34). The summed E-state index contributed by atoms with van der Waals surface area (Å²) in [4.78, 5) is 29.9. The summed E-state index contributed by atoms with van der Waals surface area (Å²) < 4.78 is 6.25. The second-order valence-electron chi connectivity index (χ2n) is 10.4. The van der Waals surface area contributed by atoms with Crippen molar-refractivity contribution >= 4 is 34.8 Å². The van der Waals surface area contributed by atoms with Crippen LogP contribution in [-0.4, -0.2) is 59.9 Å². The predicted molar refractivity (Wildman–Crippen MR) is 147 cm³/mol. The largest absolute Gasteiger partial charge is 0.478 e. The molecule has 196 valence electrons. The van der Waals surface area contributed by atoms with E-state index in [0.29, 0.717) is 17.3 Å². The molecule has 0 unspecified atom stereocenters. The molecule has 2 aromatic carbocycles. The molecule has 2 aromatic rings. The van der Waals surface area contributed by atoms with E-state index in [4.69, 9.17) is 22.1 Å². The molecule has 2 amide bonds. The van der Waals surface area contributed by atoms with Gasteiger partial charge in [0.25, 0.3) is 5.91 Å². The van der Waals surface area contributed by atoms with E-state index in [2.05, 4.69) is 10.2 Å². The van der Waals surface area contributed by atoms with Crippen LogP contribution in [0, 0.1) is 27.7 Å². The van der Waals surface area contributed by atoms with Crippen LogP contribution in [-0.2, 0) is 9.59 Å². The lowest BCUT2D eigenvalue weighted by molar-refractivity contribution is -0.147. The summed E-state index contributed by atoms with van der Waals surface area (Å²) in [6.45, 7) is 13.2. The fourth-order valence-corrected chi connectivity index (χ4v) is 4.86. The Morgan fingerprint density at radius 3 is 2.42 bits per heavy atom. The van der Waals surface area contributed by atoms with E-state index < -0.39 is 5.60 Å². The first-order chi connectivity index (χ1) is 16.8. The zero-order valence-corrected chi connectivity index (χ0v) is 23.3. The SMILES string of the molecule is Cc1cc(OC(C)(C)C(=O)N(C)C2CCN(CC(=O)Nc3cccc(Cl)c3C)CC2)c(C)c(C)c1N. The topological polar surface area (TPSA) is 87.9 Å². The van der Waals surface area contributed by atoms with Gasteiger partial charge in [-0.05, 0) is 94.8 Å². The van der Waals surface area contributed by atoms with Crippen molar-refractivity contribution in [3.05, 3.63) is 51.5 Å². The van der Waals surface area contributed by atoms with Crippen LogP contribution in [0.3, 0.4) is 0 Å². The minimum Gasteiger partial charge on any atom is -0.478 e. The number of carbonyl (C=O) groups is 2. The van der Waals surface area contributed by atoms with Crippen molar-refractivity contribution in [2.75, 3.05) is 37.7 Å². The van der Waals surface area contributed by atoms with Gasteiger partial charge >= 0.3 is 0 Å². The Hall–Kier alpha value is -2.77. The molecule has 7 nitrogen and oxygen atoms in total. The summed E-state index contributed by atoms with van der Waals surface area (Å²) >= 11 is 6.16. The number of hydrogen-bond acceptors (Lipinski definition) is 5. The maximum Gasteiger partial charge on any atom is 0.266 e. The van der Waals surface area contributed by atoms with Crippen LogP contribution in [0.4, 0.5) is 11.4 Å². The number of halogens is 1. The quantitative estimate of drug-likeness (QED) is 0.514. The van der Waals surface area contributed by atoms with Crippen LogP contribution in [0.25, 0.3) is 0 Å². The average Bonchev–Trinajstić information content (AvgIpc) is 2.83. The molecule has 1 aliphatic heterocycles. The number of nitrogens with zero attached hydrogens (tertiary/aromatic N) is 2. The van der Waals surface area contributed by atoms with Crippen molar-refractivity contribution in [1.29, 1.82) is 0 Å². The van der Waals surface area contributed by atoms with Crippen molar-refractivity contribution in [2.24, 2.45) is 0 Å². The van der Waals surface area contributed by atoms with Crippen LogP contribution in [0.5, 0.6) is 5.75 Å². The van der Waals surface area contributed by atoms with Gasteiger partial charge in [-0.3, -0.25) is 14.5 Å². The number of nitrogens with one attached hydrogen (secondary N) is 1. The number of benzene rings is 2. The number of ether oxygens (including phenoxy) is 1. The Balaban J connectivity index is 1.56. The number of aryl methyl sites for hydroxylation is 1. The number of piperidine rings is 1. The number of nitrogens with two attached hydrogens (primary N) is 1. The molecule has 1 saturated heterocycles. The summed E-state index contributed by atoms with van der Waals surface area (Å²) in [6.07, 6.45) is 1.59. The van der Waals surface area contributed by atoms with Gasteiger partial charge in [0.05, 0.1) is 6.54 Å². The van der Waals surface area contributed by atoms with E-state index >= 15 is 0 Å². The van der Waals surface area contributed by atoms with Crippen LogP contribution in [0.2, 0.25) is 5.02 Å². The molecule has 0 aliphatic carbocycles. The summed E-state index contributed by atoms with van der Waals surface area (Å²) in [5.41, 5.74) is 10.3. The zero-order chi connectivity index (χ0) is 26.8. The van der Waals surface area contributed by atoms with Crippen molar-refractivity contribution in [2.45, 2.75) is 66.0 Å². The zero-order valence-electron chi connectivity index (χ0n) is 22.5. The van der Waals surface area contributed by atoms with Gasteiger partial charge in [0.1, 0.15) is 5.75 Å². The molecule has 3 N–H and O–H groups in total. The molecule has 36 heavy (non-hydrogen) atoms. The number of likely N-dealkylation sites (tertiary alicyclic amines) is 1. The fraction of sp³-hybridized carbons (Fsp3) is 0.500. The number of likely N-dealkylation sites (N-methyl/N-ethyl adjacent to an activating group) is 1. The van der Waals surface area contributed by atoms with Gasteiger partial charge in [0.15, 0.2) is 5.60 Å². The van der Waals surface area contributed by atoms with Gasteiger partial charge in [-0.2, -0.15) is 0 Å². The Labute approximate surface area is 219 Å². The van der Waals surface area contributed by atoms with Gasteiger partial charge in [-0.25, -0.2) is 0 Å². The number of amides is 2. The molecule has 0 saturated carbocycles. The molecule has 0 atom stereocenters. The van der Waals surface area contributed by atoms with Crippen molar-refractivity contribution in [1.82, 2.24) is 9.80 Å². The van der Waals surface area contributed by atoms with Gasteiger partial charge in [-0.1, -0.05) is 17.7 Å². The van der Waals surface area contributed by atoms with Crippen LogP contribution >= 0.6 is 11.6 Å². The predicted octanol–water partition coefficient (Wildman–Crippen LogP) is 4.87. The Morgan fingerprint density at radius 1 is 1.14 bits per heavy atom. The lowest BCUT2D eigenvalue weighted by Crippen LogP contribution is -2.54. The lowest BCUT2D eigenvalue weighted by atomic mass is 9.99. The first-order valence-corrected chi connectivity index (χ1v) is 12.8. The van der Waals surface area contributed by atoms with E-state index in [-0.39, 0.29) is 17.9 Å². The summed E-state index contributed by atoms with van der Waals surface area (Å²) in [7, 11) is 1.84. The van der Waals surface area contributed by atoms with Gasteiger partial charge in [0.2, 0.25) is 5.91 Å². The smallest absolute Gasteiger partial charge is 0.266 e. The Morgan fingerprint density at radius 2 is 1.78 bits per heavy atom. The van der Waals surface area contributed by atoms with E-state index in [9.17, 15) is 9.59 Å². The van der Waals surface area contributed by atoms with Gasteiger partial charge in [-0.15, -0.1) is 0 Å². The molecule has 0 aromatic heterocycles. The van der Waals surface area contributed by atoms with Gasteiger partial charge < -0.3 is 20.7 Å². The Bertz CT molecular complexity index is 1140. The third-order valence-corrected chi connectivity index (χ3v) is 7.73. The number of hydrogen-bond donors (Lipinski definition) is 2. The molecular weight excluding hydrogens is 476 g/mol. The number of rotatable bonds is 7. The maximum absolute atomic E-state index is 13.4. The van der Waals surface area contributed by atoms with E-state index in [0.717, 1.165) is 59.6 Å². The molecule has 0 bridgehead atoms. The summed E-state index contributed by atoms with van der Waals surface area (Å²) in [5, 5.41) is 3.59. The molecule has 0 spiro atoms. The normalized spacial score (nSPS) is 15.0. The molecular formula is C28H39ClN4O3. The highest BCUT2D eigenvalue weighted by Gasteiger charge is 2.37. The van der Waals surface area contributed by atoms with Gasteiger partial charge in [0, 0.05) is 42.6 Å². The van der Waals surface area contributed by atoms with Crippen molar-refractivity contribution in [3.63, 3.8) is 0 Å². The van der Waals surface area contributed by atoms with E-state index in [1.54, 1.807) is 11.0 Å². The minimum atomic E-state index is -1.03.